The summed E-state index contributed by atoms with van der Waals surface area (Å²) in [5.41, 5.74) is 5.01. The highest BCUT2D eigenvalue weighted by Crippen LogP contribution is 2.38. The van der Waals surface area contributed by atoms with Crippen molar-refractivity contribution in [3.63, 3.8) is 0 Å². The predicted octanol–water partition coefficient (Wildman–Crippen LogP) is 6.61. The van der Waals surface area contributed by atoms with Crippen LogP contribution in [-0.4, -0.2) is 8.42 Å². The Hall–Kier alpha value is -2.33. The molecule has 0 radical (unpaired) electrons. The van der Waals surface area contributed by atoms with Crippen LogP contribution >= 0.6 is 0 Å². The molecule has 2 unspecified atom stereocenters. The van der Waals surface area contributed by atoms with Gasteiger partial charge in [-0.25, -0.2) is 8.42 Å². The zero-order chi connectivity index (χ0) is 21.0. The Labute approximate surface area is 175 Å². The van der Waals surface area contributed by atoms with E-state index in [1.807, 2.05) is 32.9 Å². The van der Waals surface area contributed by atoms with Gasteiger partial charge in [-0.2, -0.15) is 0 Å². The van der Waals surface area contributed by atoms with Crippen LogP contribution < -0.4 is 4.72 Å². The van der Waals surface area contributed by atoms with Crippen LogP contribution in [-0.2, 0) is 10.0 Å². The molecule has 2 aromatic rings. The van der Waals surface area contributed by atoms with Crippen LogP contribution in [0, 0.1) is 13.8 Å². The fourth-order valence-corrected chi connectivity index (χ4v) is 5.08. The quantitative estimate of drug-likeness (QED) is 0.546. The zero-order valence-electron chi connectivity index (χ0n) is 17.8. The molecule has 0 spiro atoms. The summed E-state index contributed by atoms with van der Waals surface area (Å²) >= 11 is 0. The van der Waals surface area contributed by atoms with Crippen molar-refractivity contribution in [3.05, 3.63) is 83.0 Å². The zero-order valence-corrected chi connectivity index (χ0v) is 18.6. The third-order valence-corrected chi connectivity index (χ3v) is 6.98. The summed E-state index contributed by atoms with van der Waals surface area (Å²) < 4.78 is 29.1. The van der Waals surface area contributed by atoms with Crippen LogP contribution in [0.4, 0.5) is 5.69 Å². The smallest absolute Gasteiger partial charge is 0.261 e. The van der Waals surface area contributed by atoms with Gasteiger partial charge >= 0.3 is 0 Å². The first-order chi connectivity index (χ1) is 13.8. The van der Waals surface area contributed by atoms with Gasteiger partial charge in [0.25, 0.3) is 10.0 Å². The van der Waals surface area contributed by atoms with E-state index in [9.17, 15) is 8.42 Å². The van der Waals surface area contributed by atoms with Crippen molar-refractivity contribution in [1.82, 2.24) is 0 Å². The molecule has 4 heteroatoms. The molecule has 29 heavy (non-hydrogen) atoms. The fourth-order valence-electron chi connectivity index (χ4n) is 3.92. The molecule has 1 aliphatic rings. The van der Waals surface area contributed by atoms with E-state index in [0.29, 0.717) is 4.90 Å². The summed E-state index contributed by atoms with van der Waals surface area (Å²) in [5.74, 6) is 0.517. The number of allylic oxidation sites excluding steroid dienone is 4. The second kappa shape index (κ2) is 9.00. The lowest BCUT2D eigenvalue weighted by Gasteiger charge is -2.24. The molecular formula is C25H31NO2S. The third-order valence-electron chi connectivity index (χ3n) is 5.62. The summed E-state index contributed by atoms with van der Waals surface area (Å²) in [6.07, 6.45) is 11.9. The normalized spacial score (nSPS) is 18.1. The Morgan fingerprint density at radius 3 is 2.48 bits per heavy atom. The molecule has 1 aliphatic carbocycles. The first-order valence-electron chi connectivity index (χ1n) is 10.3. The van der Waals surface area contributed by atoms with E-state index < -0.39 is 10.0 Å². The first-order valence-corrected chi connectivity index (χ1v) is 11.8. The topological polar surface area (TPSA) is 46.2 Å². The third kappa shape index (κ3) is 4.99. The molecule has 154 valence electrons. The molecule has 0 bridgehead atoms. The molecule has 0 saturated heterocycles. The van der Waals surface area contributed by atoms with E-state index in [1.165, 1.54) is 5.56 Å². The van der Waals surface area contributed by atoms with Crippen LogP contribution in [0.1, 0.15) is 67.2 Å². The molecule has 0 heterocycles. The van der Waals surface area contributed by atoms with E-state index in [-0.39, 0.29) is 11.8 Å². The molecule has 1 N–H and O–H groups in total. The van der Waals surface area contributed by atoms with E-state index in [0.717, 1.165) is 41.6 Å². The number of nitrogens with one attached hydrogen (secondary N) is 1. The number of sulfonamides is 1. The highest BCUT2D eigenvalue weighted by molar-refractivity contribution is 7.92. The Kier molecular flexibility index (Phi) is 6.63. The molecule has 3 rings (SSSR count). The molecule has 0 aromatic heterocycles. The van der Waals surface area contributed by atoms with Crippen LogP contribution in [0.2, 0.25) is 0 Å². The Morgan fingerprint density at radius 2 is 1.86 bits per heavy atom. The standard InChI is InChI=1S/C25H31NO2S/c1-5-9-19(3)22-16-20(4)25(24(17-22)21-10-7-6-8-11-21)26-29(27,28)23-14-12-18(2)13-15-23/h5,7,9-10,12-17,19,21,26H,6,8,11H2,1-4H3. The minimum Gasteiger partial charge on any atom is -0.279 e. The van der Waals surface area contributed by atoms with Gasteiger partial charge < -0.3 is 0 Å². The van der Waals surface area contributed by atoms with Gasteiger partial charge in [0.05, 0.1) is 10.6 Å². The van der Waals surface area contributed by atoms with E-state index in [1.54, 1.807) is 12.1 Å². The molecule has 0 saturated carbocycles. The van der Waals surface area contributed by atoms with Crippen molar-refractivity contribution in [2.45, 2.75) is 63.7 Å². The van der Waals surface area contributed by atoms with Crippen LogP contribution in [0.15, 0.2) is 65.6 Å². The van der Waals surface area contributed by atoms with Crippen molar-refractivity contribution in [1.29, 1.82) is 0 Å². The van der Waals surface area contributed by atoms with Gasteiger partial charge in [-0.1, -0.05) is 61.1 Å². The van der Waals surface area contributed by atoms with E-state index in [2.05, 4.69) is 48.1 Å². The second-order valence-corrected chi connectivity index (χ2v) is 9.68. The minimum atomic E-state index is -3.65. The summed E-state index contributed by atoms with van der Waals surface area (Å²) in [6, 6.07) is 11.3. The molecular weight excluding hydrogens is 378 g/mol. The van der Waals surface area contributed by atoms with Gasteiger partial charge in [0.15, 0.2) is 0 Å². The maximum absolute atomic E-state index is 13.1. The van der Waals surface area contributed by atoms with Crippen molar-refractivity contribution >= 4 is 15.7 Å². The minimum absolute atomic E-state index is 0.232. The second-order valence-electron chi connectivity index (χ2n) is 8.00. The molecule has 0 fully saturated rings. The SMILES string of the molecule is CC=CC(C)c1cc(C)c(NS(=O)(=O)c2ccc(C)cc2)c(C2C=CCCC2)c1. The number of aryl methyl sites for hydroxylation is 2. The van der Waals surface area contributed by atoms with Crippen LogP contribution in [0.25, 0.3) is 0 Å². The molecule has 2 atom stereocenters. The van der Waals surface area contributed by atoms with Gasteiger partial charge in [-0.15, -0.1) is 0 Å². The average Bonchev–Trinajstić information content (AvgIpc) is 2.70. The highest BCUT2D eigenvalue weighted by atomic mass is 32.2. The molecule has 2 aromatic carbocycles. The van der Waals surface area contributed by atoms with Crippen LogP contribution in [0.5, 0.6) is 0 Å². The molecule has 0 aliphatic heterocycles. The number of benzene rings is 2. The first kappa shape index (κ1) is 21.4. The summed E-state index contributed by atoms with van der Waals surface area (Å²) in [4.78, 5) is 0.291. The maximum atomic E-state index is 13.1. The highest BCUT2D eigenvalue weighted by Gasteiger charge is 2.23. The Morgan fingerprint density at radius 1 is 1.14 bits per heavy atom. The summed E-state index contributed by atoms with van der Waals surface area (Å²) in [6.45, 7) is 8.14. The molecule has 3 nitrogen and oxygen atoms in total. The van der Waals surface area contributed by atoms with Crippen LogP contribution in [0.3, 0.4) is 0 Å². The monoisotopic (exact) mass is 409 g/mol. The van der Waals surface area contributed by atoms with Gasteiger partial charge in [-0.3, -0.25) is 4.72 Å². The van der Waals surface area contributed by atoms with Gasteiger partial charge in [0.1, 0.15) is 0 Å². The van der Waals surface area contributed by atoms with Crippen molar-refractivity contribution in [2.24, 2.45) is 0 Å². The maximum Gasteiger partial charge on any atom is 0.261 e. The lowest BCUT2D eigenvalue weighted by Crippen LogP contribution is -2.17. The lowest BCUT2D eigenvalue weighted by atomic mass is 9.84. The van der Waals surface area contributed by atoms with Gasteiger partial charge in [-0.05, 0) is 74.8 Å². The average molecular weight is 410 g/mol. The van der Waals surface area contributed by atoms with Gasteiger partial charge in [0, 0.05) is 5.92 Å². The number of hydrogen-bond donors (Lipinski definition) is 1. The van der Waals surface area contributed by atoms with E-state index in [4.69, 9.17) is 0 Å². The molecule has 0 amide bonds. The fraction of sp³-hybridized carbons (Fsp3) is 0.360. The number of anilines is 1. The van der Waals surface area contributed by atoms with Crippen molar-refractivity contribution in [2.75, 3.05) is 4.72 Å². The number of hydrogen-bond acceptors (Lipinski definition) is 2. The van der Waals surface area contributed by atoms with Gasteiger partial charge in [0.2, 0.25) is 0 Å². The van der Waals surface area contributed by atoms with E-state index >= 15 is 0 Å². The van der Waals surface area contributed by atoms with Crippen molar-refractivity contribution < 1.29 is 8.42 Å². The Balaban J connectivity index is 2.07. The number of rotatable bonds is 6. The lowest BCUT2D eigenvalue weighted by molar-refractivity contribution is 0.601. The Bertz CT molecular complexity index is 1020. The summed E-state index contributed by atoms with van der Waals surface area (Å²) in [7, 11) is -3.65. The van der Waals surface area contributed by atoms with Crippen molar-refractivity contribution in [3.8, 4) is 0 Å². The summed E-state index contributed by atoms with van der Waals surface area (Å²) in [5, 5.41) is 0. The largest absolute Gasteiger partial charge is 0.279 e. The predicted molar refractivity (Wildman–Crippen MR) is 122 cm³/mol.